The normalized spacial score (nSPS) is 22.8. The van der Waals surface area contributed by atoms with E-state index in [1.807, 2.05) is 6.92 Å². The molecule has 1 aliphatic heterocycles. The molecule has 0 spiro atoms. The summed E-state index contributed by atoms with van der Waals surface area (Å²) in [5, 5.41) is 2.93. The van der Waals surface area contributed by atoms with Crippen molar-refractivity contribution in [1.29, 1.82) is 0 Å². The molecule has 0 aromatic carbocycles. The maximum Gasteiger partial charge on any atom is 0.255 e. The summed E-state index contributed by atoms with van der Waals surface area (Å²) in [5.74, 6) is 5.48. The molecule has 18 heavy (non-hydrogen) atoms. The Bertz CT molecular complexity index is 455. The highest BCUT2D eigenvalue weighted by Gasteiger charge is 2.26. The largest absolute Gasteiger partial charge is 0.376 e. The molecule has 1 amide bonds. The molecule has 2 atom stereocenters. The van der Waals surface area contributed by atoms with Crippen LogP contribution in [0.3, 0.4) is 0 Å². The summed E-state index contributed by atoms with van der Waals surface area (Å²) >= 11 is 3.28. The molecule has 2 rings (SSSR count). The van der Waals surface area contributed by atoms with E-state index in [9.17, 15) is 4.79 Å². The zero-order chi connectivity index (χ0) is 13.1. The van der Waals surface area contributed by atoms with Gasteiger partial charge in [-0.1, -0.05) is 0 Å². The lowest BCUT2D eigenvalue weighted by Crippen LogP contribution is -2.39. The molecule has 4 N–H and O–H groups in total. The first-order chi connectivity index (χ1) is 8.61. The number of amides is 1. The number of hydrogen-bond donors (Lipinski definition) is 3. The molecule has 1 aliphatic rings. The van der Waals surface area contributed by atoms with Gasteiger partial charge in [0.1, 0.15) is 0 Å². The Morgan fingerprint density at radius 1 is 1.67 bits per heavy atom. The van der Waals surface area contributed by atoms with Crippen molar-refractivity contribution in [3.8, 4) is 0 Å². The third-order valence-corrected chi connectivity index (χ3v) is 3.36. The first-order valence-electron chi connectivity index (χ1n) is 5.66. The van der Waals surface area contributed by atoms with Gasteiger partial charge < -0.3 is 15.5 Å². The highest BCUT2D eigenvalue weighted by Crippen LogP contribution is 2.19. The third-order valence-electron chi connectivity index (χ3n) is 2.93. The van der Waals surface area contributed by atoms with Crippen molar-refractivity contribution < 1.29 is 9.53 Å². The predicted octanol–water partition coefficient (Wildman–Crippen LogP) is 1.04. The van der Waals surface area contributed by atoms with Gasteiger partial charge >= 0.3 is 0 Å². The molecule has 1 aromatic rings. The van der Waals surface area contributed by atoms with E-state index in [-0.39, 0.29) is 18.1 Å². The summed E-state index contributed by atoms with van der Waals surface area (Å²) in [4.78, 5) is 16.2. The van der Waals surface area contributed by atoms with Gasteiger partial charge in [-0.3, -0.25) is 4.79 Å². The van der Waals surface area contributed by atoms with Crippen LogP contribution in [0.2, 0.25) is 0 Å². The van der Waals surface area contributed by atoms with Gasteiger partial charge in [0.15, 0.2) is 5.82 Å². The molecular weight excluding hydrogens is 300 g/mol. The lowest BCUT2D eigenvalue weighted by Gasteiger charge is -2.17. The standard InChI is InChI=1S/C11H15BrN4O2/c1-6-9(2-3-18-6)15-11(17)8-4-7(12)5-14-10(8)16-13/h4-6,9H,2-3,13H2,1H3,(H,14,16)(H,15,17). The Labute approximate surface area is 113 Å². The lowest BCUT2D eigenvalue weighted by molar-refractivity contribution is 0.0866. The average molecular weight is 315 g/mol. The molecular formula is C11H15BrN4O2. The van der Waals surface area contributed by atoms with Crippen molar-refractivity contribution in [2.75, 3.05) is 12.0 Å². The summed E-state index contributed by atoms with van der Waals surface area (Å²) in [7, 11) is 0. The van der Waals surface area contributed by atoms with Crippen LogP contribution in [0, 0.1) is 0 Å². The average Bonchev–Trinajstić information content (AvgIpc) is 2.75. The fourth-order valence-corrected chi connectivity index (χ4v) is 2.23. The van der Waals surface area contributed by atoms with Gasteiger partial charge in [-0.2, -0.15) is 0 Å². The number of anilines is 1. The first-order valence-corrected chi connectivity index (χ1v) is 6.45. The van der Waals surface area contributed by atoms with Crippen LogP contribution in [0.5, 0.6) is 0 Å². The zero-order valence-electron chi connectivity index (χ0n) is 9.94. The molecule has 7 heteroatoms. The number of nitrogen functional groups attached to an aromatic ring is 1. The number of rotatable bonds is 3. The van der Waals surface area contributed by atoms with Crippen LogP contribution in [-0.2, 0) is 4.74 Å². The molecule has 0 saturated carbocycles. The zero-order valence-corrected chi connectivity index (χ0v) is 11.5. The van der Waals surface area contributed by atoms with Crippen molar-refractivity contribution in [2.24, 2.45) is 5.84 Å². The number of carbonyl (C=O) groups is 1. The van der Waals surface area contributed by atoms with Crippen LogP contribution in [0.15, 0.2) is 16.7 Å². The Morgan fingerprint density at radius 3 is 3.06 bits per heavy atom. The number of hydrogen-bond acceptors (Lipinski definition) is 5. The maximum atomic E-state index is 12.2. The molecule has 1 saturated heterocycles. The minimum Gasteiger partial charge on any atom is -0.376 e. The number of nitrogens with zero attached hydrogens (tertiary/aromatic N) is 1. The molecule has 6 nitrogen and oxygen atoms in total. The van der Waals surface area contributed by atoms with Gasteiger partial charge in [-0.25, -0.2) is 10.8 Å². The van der Waals surface area contributed by atoms with Gasteiger partial charge in [0.25, 0.3) is 5.91 Å². The van der Waals surface area contributed by atoms with Crippen molar-refractivity contribution in [1.82, 2.24) is 10.3 Å². The van der Waals surface area contributed by atoms with Crippen LogP contribution in [0.1, 0.15) is 23.7 Å². The van der Waals surface area contributed by atoms with Crippen LogP contribution < -0.4 is 16.6 Å². The van der Waals surface area contributed by atoms with E-state index in [0.29, 0.717) is 18.0 Å². The number of halogens is 1. The fourth-order valence-electron chi connectivity index (χ4n) is 1.89. The van der Waals surface area contributed by atoms with E-state index in [4.69, 9.17) is 10.6 Å². The summed E-state index contributed by atoms with van der Waals surface area (Å²) in [6.07, 6.45) is 2.43. The second-order valence-corrected chi connectivity index (χ2v) is 5.05. The molecule has 2 heterocycles. The summed E-state index contributed by atoms with van der Waals surface area (Å²) in [6, 6.07) is 1.71. The van der Waals surface area contributed by atoms with Crippen molar-refractivity contribution in [2.45, 2.75) is 25.5 Å². The molecule has 1 aromatic heterocycles. The summed E-state index contributed by atoms with van der Waals surface area (Å²) < 4.78 is 6.13. The van der Waals surface area contributed by atoms with E-state index in [2.05, 4.69) is 31.7 Å². The SMILES string of the molecule is CC1OCCC1NC(=O)c1cc(Br)cnc1NN. The highest BCUT2D eigenvalue weighted by atomic mass is 79.9. The van der Waals surface area contributed by atoms with E-state index in [1.165, 1.54) is 0 Å². The second-order valence-electron chi connectivity index (χ2n) is 4.14. The molecule has 0 bridgehead atoms. The van der Waals surface area contributed by atoms with E-state index in [1.54, 1.807) is 12.3 Å². The second kappa shape index (κ2) is 5.64. The lowest BCUT2D eigenvalue weighted by atomic mass is 10.1. The minimum atomic E-state index is -0.209. The topological polar surface area (TPSA) is 89.3 Å². The minimum absolute atomic E-state index is 0.0297. The Balaban J connectivity index is 2.15. The highest BCUT2D eigenvalue weighted by molar-refractivity contribution is 9.10. The Morgan fingerprint density at radius 2 is 2.44 bits per heavy atom. The third kappa shape index (κ3) is 2.80. The van der Waals surface area contributed by atoms with Crippen molar-refractivity contribution in [3.63, 3.8) is 0 Å². The Kier molecular flexibility index (Phi) is 4.15. The van der Waals surface area contributed by atoms with Crippen molar-refractivity contribution in [3.05, 3.63) is 22.3 Å². The number of carbonyl (C=O) groups excluding carboxylic acids is 1. The summed E-state index contributed by atoms with van der Waals surface area (Å²) in [6.45, 7) is 2.62. The predicted molar refractivity (Wildman–Crippen MR) is 71.0 cm³/mol. The number of nitrogens with two attached hydrogens (primary N) is 1. The van der Waals surface area contributed by atoms with E-state index < -0.39 is 0 Å². The van der Waals surface area contributed by atoms with Gasteiger partial charge in [-0.15, -0.1) is 0 Å². The Hall–Kier alpha value is -1.18. The monoisotopic (exact) mass is 314 g/mol. The molecule has 0 radical (unpaired) electrons. The van der Waals surface area contributed by atoms with E-state index >= 15 is 0 Å². The fraction of sp³-hybridized carbons (Fsp3) is 0.455. The first kappa shape index (κ1) is 13.3. The van der Waals surface area contributed by atoms with Crippen LogP contribution in [0.4, 0.5) is 5.82 Å². The van der Waals surface area contributed by atoms with Gasteiger partial charge in [0, 0.05) is 17.3 Å². The van der Waals surface area contributed by atoms with E-state index in [0.717, 1.165) is 10.9 Å². The number of pyridine rings is 1. The van der Waals surface area contributed by atoms with Crippen LogP contribution in [0.25, 0.3) is 0 Å². The quantitative estimate of drug-likeness (QED) is 0.573. The molecule has 2 unspecified atom stereocenters. The van der Waals surface area contributed by atoms with Gasteiger partial charge in [0.05, 0.1) is 17.7 Å². The van der Waals surface area contributed by atoms with Gasteiger partial charge in [0.2, 0.25) is 0 Å². The number of hydrazine groups is 1. The number of nitrogens with one attached hydrogen (secondary N) is 2. The number of ether oxygens (including phenoxy) is 1. The van der Waals surface area contributed by atoms with Crippen LogP contribution in [-0.4, -0.2) is 29.6 Å². The maximum absolute atomic E-state index is 12.2. The summed E-state index contributed by atoms with van der Waals surface area (Å²) in [5.41, 5.74) is 2.82. The smallest absolute Gasteiger partial charge is 0.255 e. The molecule has 98 valence electrons. The molecule has 1 fully saturated rings. The number of aromatic nitrogens is 1. The van der Waals surface area contributed by atoms with Gasteiger partial charge in [-0.05, 0) is 35.3 Å². The van der Waals surface area contributed by atoms with Crippen molar-refractivity contribution >= 4 is 27.7 Å². The molecule has 0 aliphatic carbocycles. The van der Waals surface area contributed by atoms with Crippen LogP contribution >= 0.6 is 15.9 Å².